The Morgan fingerprint density at radius 1 is 0.500 bits per heavy atom. The summed E-state index contributed by atoms with van der Waals surface area (Å²) >= 11 is 0. The zero-order valence-electron chi connectivity index (χ0n) is 21.7. The number of nitrogens with two attached hydrogens (primary N) is 2. The van der Waals surface area contributed by atoms with Gasteiger partial charge in [0.25, 0.3) is 0 Å². The van der Waals surface area contributed by atoms with Gasteiger partial charge in [-0.15, -0.1) is 0 Å². The average molecular weight is 497 g/mol. The summed E-state index contributed by atoms with van der Waals surface area (Å²) in [6, 6.07) is 1.53. The van der Waals surface area contributed by atoms with E-state index in [4.69, 9.17) is 38.0 Å². The molecule has 0 unspecified atom stereocenters. The van der Waals surface area contributed by atoms with Crippen LogP contribution in [0.3, 0.4) is 0 Å². The molecule has 0 fully saturated rings. The molecule has 0 amide bonds. The summed E-state index contributed by atoms with van der Waals surface area (Å²) in [5, 5.41) is 0. The normalized spacial score (nSPS) is 13.1. The summed E-state index contributed by atoms with van der Waals surface area (Å²) < 4.78 is 33.5. The van der Waals surface area contributed by atoms with Crippen LogP contribution in [0.5, 0.6) is 0 Å². The van der Waals surface area contributed by atoms with E-state index in [9.17, 15) is 0 Å². The molecule has 8 nitrogen and oxygen atoms in total. The van der Waals surface area contributed by atoms with E-state index in [1.807, 2.05) is 0 Å². The van der Waals surface area contributed by atoms with Crippen LogP contribution < -0.4 is 11.5 Å². The predicted octanol–water partition coefficient (Wildman–Crippen LogP) is 4.08. The van der Waals surface area contributed by atoms with Crippen LogP contribution in [0.1, 0.15) is 77.0 Å². The largest absolute Gasteiger partial charge is 0.500 e. The molecule has 4 N–H and O–H groups in total. The second-order valence-corrected chi connectivity index (χ2v) is 14.9. The van der Waals surface area contributed by atoms with Crippen LogP contribution in [-0.4, -0.2) is 72.4 Å². The van der Waals surface area contributed by atoms with Gasteiger partial charge in [-0.25, -0.2) is 0 Å². The van der Waals surface area contributed by atoms with E-state index in [-0.39, 0.29) is 5.54 Å². The quantitative estimate of drug-likeness (QED) is 0.161. The van der Waals surface area contributed by atoms with E-state index in [0.29, 0.717) is 0 Å². The first-order chi connectivity index (χ1) is 15.3. The van der Waals surface area contributed by atoms with Gasteiger partial charge in [-0.1, -0.05) is 38.5 Å². The van der Waals surface area contributed by atoms with Crippen LogP contribution >= 0.6 is 0 Å². The van der Waals surface area contributed by atoms with Gasteiger partial charge in [-0.2, -0.15) is 0 Å². The average Bonchev–Trinajstić information content (AvgIpc) is 2.82. The Balaban J connectivity index is 4.74. The van der Waals surface area contributed by atoms with Gasteiger partial charge in [0.2, 0.25) is 0 Å². The highest BCUT2D eigenvalue weighted by Gasteiger charge is 2.40. The van der Waals surface area contributed by atoms with Crippen molar-refractivity contribution in [2.24, 2.45) is 11.5 Å². The maximum Gasteiger partial charge on any atom is 0.500 e. The van der Waals surface area contributed by atoms with Crippen LogP contribution in [0, 0.1) is 0 Å². The SMILES string of the molecule is CO[Si](CCCC(N)(CCCCCCCCCN)CCC[Si](OC)(OC)OC)(OC)OC. The third-order valence-electron chi connectivity index (χ3n) is 6.56. The summed E-state index contributed by atoms with van der Waals surface area (Å²) in [4.78, 5) is 0. The molecule has 0 aromatic rings. The zero-order valence-corrected chi connectivity index (χ0v) is 23.7. The topological polar surface area (TPSA) is 107 Å². The fraction of sp³-hybridized carbons (Fsp3) is 1.00. The fourth-order valence-corrected chi connectivity index (χ4v) is 7.75. The van der Waals surface area contributed by atoms with Gasteiger partial charge in [0.1, 0.15) is 0 Å². The molecule has 0 atom stereocenters. The second-order valence-electron chi connectivity index (χ2n) is 8.67. The lowest BCUT2D eigenvalue weighted by molar-refractivity contribution is 0.120. The van der Waals surface area contributed by atoms with Crippen LogP contribution in [0.15, 0.2) is 0 Å². The summed E-state index contributed by atoms with van der Waals surface area (Å²) in [7, 11) is 4.81. The molecule has 0 rings (SSSR count). The monoisotopic (exact) mass is 496 g/mol. The van der Waals surface area contributed by atoms with E-state index in [1.54, 1.807) is 42.7 Å². The molecule has 10 heteroatoms. The third kappa shape index (κ3) is 12.5. The minimum absolute atomic E-state index is 0.232. The van der Waals surface area contributed by atoms with Crippen molar-refractivity contribution in [1.82, 2.24) is 0 Å². The summed E-state index contributed by atoms with van der Waals surface area (Å²) in [6.45, 7) is 0.800. The number of hydrogen-bond acceptors (Lipinski definition) is 8. The van der Waals surface area contributed by atoms with Crippen LogP contribution in [0.4, 0.5) is 0 Å². The fourth-order valence-electron chi connectivity index (χ4n) is 4.31. The Bertz CT molecular complexity index is 398. The van der Waals surface area contributed by atoms with Crippen molar-refractivity contribution in [1.29, 1.82) is 0 Å². The molecule has 0 saturated carbocycles. The molecule has 0 aromatic carbocycles. The minimum atomic E-state index is -2.57. The number of rotatable bonds is 23. The molecular weight excluding hydrogens is 444 g/mol. The second kappa shape index (κ2) is 18.4. The van der Waals surface area contributed by atoms with Crippen LogP contribution in [-0.2, 0) is 26.6 Å². The van der Waals surface area contributed by atoms with Crippen molar-refractivity contribution >= 4 is 17.6 Å². The first kappa shape index (κ1) is 32.1. The summed E-state index contributed by atoms with van der Waals surface area (Å²) in [5.41, 5.74) is 12.3. The van der Waals surface area contributed by atoms with Crippen molar-refractivity contribution in [2.45, 2.75) is 94.7 Å². The Morgan fingerprint density at radius 3 is 1.16 bits per heavy atom. The standard InChI is InChI=1S/C22H52N2O6Si2/c1-25-31(26-2,27-3)20-14-17-22(24,16-12-10-8-7-9-11-13-19-23)18-15-21-32(28-4,29-5)30-6/h7-21,23-24H2,1-6H3. The van der Waals surface area contributed by atoms with Gasteiger partial charge in [0.05, 0.1) is 0 Å². The molecule has 0 aromatic heterocycles. The predicted molar refractivity (Wildman–Crippen MR) is 135 cm³/mol. The summed E-state index contributed by atoms with van der Waals surface area (Å²) in [6.07, 6.45) is 13.2. The molecule has 0 aliphatic carbocycles. The first-order valence-electron chi connectivity index (χ1n) is 12.1. The highest BCUT2D eigenvalue weighted by molar-refractivity contribution is 6.60. The zero-order chi connectivity index (χ0) is 24.3. The third-order valence-corrected chi connectivity index (χ3v) is 12.2. The molecule has 0 aliphatic rings. The molecule has 0 spiro atoms. The maximum atomic E-state index is 6.96. The molecule has 0 radical (unpaired) electrons. The van der Waals surface area contributed by atoms with Crippen molar-refractivity contribution in [3.8, 4) is 0 Å². The van der Waals surface area contributed by atoms with Gasteiger partial charge in [-0.3, -0.25) is 0 Å². The molecular formula is C22H52N2O6Si2. The Morgan fingerprint density at radius 2 is 0.812 bits per heavy atom. The van der Waals surface area contributed by atoms with Crippen molar-refractivity contribution in [3.05, 3.63) is 0 Å². The van der Waals surface area contributed by atoms with Crippen molar-refractivity contribution in [2.75, 3.05) is 49.2 Å². The van der Waals surface area contributed by atoms with E-state index >= 15 is 0 Å². The molecule has 0 heterocycles. The van der Waals surface area contributed by atoms with Crippen molar-refractivity contribution < 1.29 is 26.6 Å². The molecule has 194 valence electrons. The van der Waals surface area contributed by atoms with Crippen LogP contribution in [0.2, 0.25) is 12.1 Å². The lowest BCUT2D eigenvalue weighted by atomic mass is 9.84. The molecule has 0 saturated heterocycles. The highest BCUT2D eigenvalue weighted by Crippen LogP contribution is 2.29. The van der Waals surface area contributed by atoms with Crippen molar-refractivity contribution in [3.63, 3.8) is 0 Å². The maximum absolute atomic E-state index is 6.96. The van der Waals surface area contributed by atoms with E-state index in [2.05, 4.69) is 0 Å². The van der Waals surface area contributed by atoms with Gasteiger partial charge in [-0.05, 0) is 45.1 Å². The smallest absolute Gasteiger partial charge is 0.377 e. The minimum Gasteiger partial charge on any atom is -0.377 e. The molecule has 0 aliphatic heterocycles. The van der Waals surface area contributed by atoms with Gasteiger partial charge >= 0.3 is 17.6 Å². The Labute approximate surface area is 199 Å². The Hall–Kier alpha value is 0.114. The van der Waals surface area contributed by atoms with Gasteiger partial charge in [0.15, 0.2) is 0 Å². The lowest BCUT2D eigenvalue weighted by Crippen LogP contribution is -2.45. The first-order valence-corrected chi connectivity index (χ1v) is 16.0. The van der Waals surface area contributed by atoms with E-state index in [0.717, 1.165) is 63.6 Å². The van der Waals surface area contributed by atoms with E-state index < -0.39 is 17.6 Å². The Kier molecular flexibility index (Phi) is 18.5. The summed E-state index contributed by atoms with van der Waals surface area (Å²) in [5.74, 6) is 0. The van der Waals surface area contributed by atoms with Crippen LogP contribution in [0.25, 0.3) is 0 Å². The van der Waals surface area contributed by atoms with E-state index in [1.165, 1.54) is 32.1 Å². The highest BCUT2D eigenvalue weighted by atomic mass is 28.4. The molecule has 0 bridgehead atoms. The molecule has 32 heavy (non-hydrogen) atoms. The van der Waals surface area contributed by atoms with Gasteiger partial charge in [0, 0.05) is 60.3 Å². The number of hydrogen-bond donors (Lipinski definition) is 2. The van der Waals surface area contributed by atoms with Gasteiger partial charge < -0.3 is 38.0 Å². The lowest BCUT2D eigenvalue weighted by Gasteiger charge is -2.33. The number of unbranched alkanes of at least 4 members (excludes halogenated alkanes) is 6.